The summed E-state index contributed by atoms with van der Waals surface area (Å²) in [6, 6.07) is 10.7. The number of ketones is 1. The molecule has 0 atom stereocenters. The number of hydrogen-bond donors (Lipinski definition) is 0. The van der Waals surface area contributed by atoms with E-state index in [-0.39, 0.29) is 11.6 Å². The number of anilines is 1. The van der Waals surface area contributed by atoms with Crippen LogP contribution < -0.4 is 4.90 Å². The summed E-state index contributed by atoms with van der Waals surface area (Å²) in [6.45, 7) is 14.6. The summed E-state index contributed by atoms with van der Waals surface area (Å²) < 4.78 is 13.4. The number of rotatable bonds is 14. The highest BCUT2D eigenvalue weighted by molar-refractivity contribution is 5.98. The Bertz CT molecular complexity index is 1020. The van der Waals surface area contributed by atoms with Gasteiger partial charge in [0.2, 0.25) is 6.41 Å². The second kappa shape index (κ2) is 15.2. The molecule has 0 aliphatic carbocycles. The molecule has 5 heteroatoms. The minimum absolute atomic E-state index is 0.188. The van der Waals surface area contributed by atoms with Crippen LogP contribution in [-0.4, -0.2) is 36.7 Å². The fraction of sp³-hybridized carbons (Fsp3) is 0.484. The summed E-state index contributed by atoms with van der Waals surface area (Å²) in [5.74, 6) is -0.0112. The van der Waals surface area contributed by atoms with Crippen molar-refractivity contribution < 1.29 is 14.0 Å². The number of benzene rings is 2. The highest BCUT2D eigenvalue weighted by Gasteiger charge is 2.23. The molecule has 3 rings (SSSR count). The van der Waals surface area contributed by atoms with Crippen molar-refractivity contribution in [2.45, 2.75) is 79.1 Å². The Kier molecular flexibility index (Phi) is 12.4. The van der Waals surface area contributed by atoms with E-state index < -0.39 is 0 Å². The third-order valence-corrected chi connectivity index (χ3v) is 6.58. The molecular weight excluding hydrogens is 451 g/mol. The van der Waals surface area contributed by atoms with Crippen molar-refractivity contribution >= 4 is 17.9 Å². The van der Waals surface area contributed by atoms with Gasteiger partial charge in [-0.2, -0.15) is 0 Å². The molecule has 0 radical (unpaired) electrons. The quantitative estimate of drug-likeness (QED) is 0.159. The van der Waals surface area contributed by atoms with E-state index in [1.54, 1.807) is 17.0 Å². The van der Waals surface area contributed by atoms with Crippen LogP contribution in [0.25, 0.3) is 0 Å². The van der Waals surface area contributed by atoms with E-state index in [1.807, 2.05) is 39.0 Å². The maximum absolute atomic E-state index is 13.4. The topological polar surface area (TPSA) is 40.6 Å². The maximum atomic E-state index is 13.4. The first-order valence-electron chi connectivity index (χ1n) is 13.5. The fourth-order valence-corrected chi connectivity index (χ4v) is 4.76. The van der Waals surface area contributed by atoms with Gasteiger partial charge in [0.15, 0.2) is 5.78 Å². The van der Waals surface area contributed by atoms with Gasteiger partial charge in [0.25, 0.3) is 0 Å². The smallest absolute Gasteiger partial charge is 0.214 e. The number of fused-ring (bicyclic) bond motifs is 1. The number of Topliss-reactive ketones (excluding diaryl/α,β-unsaturated/α-hetero) is 1. The molecule has 1 amide bonds. The largest absolute Gasteiger partial charge is 0.375 e. The average Bonchev–Trinajstić information content (AvgIpc) is 3.30. The van der Waals surface area contributed by atoms with E-state index in [0.29, 0.717) is 13.0 Å². The van der Waals surface area contributed by atoms with Crippen LogP contribution in [0.5, 0.6) is 0 Å². The Balaban J connectivity index is 0.00000222. The van der Waals surface area contributed by atoms with Crippen LogP contribution in [0.15, 0.2) is 48.7 Å². The van der Waals surface area contributed by atoms with Crippen LogP contribution in [0.4, 0.5) is 10.1 Å². The Labute approximate surface area is 217 Å². The predicted molar refractivity (Wildman–Crippen MR) is 148 cm³/mol. The third-order valence-electron chi connectivity index (χ3n) is 6.58. The minimum Gasteiger partial charge on any atom is -0.375 e. The number of carbonyl (C=O) groups excluding carboxylic acids is 2. The molecule has 0 fully saturated rings. The molecule has 1 aliphatic rings. The van der Waals surface area contributed by atoms with Crippen molar-refractivity contribution in [3.05, 3.63) is 76.7 Å². The first-order chi connectivity index (χ1) is 17.4. The van der Waals surface area contributed by atoms with Gasteiger partial charge < -0.3 is 9.80 Å². The second-order valence-electron chi connectivity index (χ2n) is 9.28. The molecule has 1 heterocycles. The zero-order chi connectivity index (χ0) is 26.5. The number of nitrogens with zero attached hydrogens (tertiary/aromatic N) is 2. The SMILES string of the molecule is C=C(C)N(CCCCCC(=O)c1cc(CCC)c2c(c1)CCN2C=O)CCc1cccc(F)c1.CC. The average molecular weight is 495 g/mol. The lowest BCUT2D eigenvalue weighted by molar-refractivity contribution is -0.107. The van der Waals surface area contributed by atoms with E-state index in [2.05, 4.69) is 18.4 Å². The van der Waals surface area contributed by atoms with Crippen molar-refractivity contribution in [3.63, 3.8) is 0 Å². The zero-order valence-corrected chi connectivity index (χ0v) is 22.6. The normalized spacial score (nSPS) is 12.0. The summed E-state index contributed by atoms with van der Waals surface area (Å²) in [5, 5.41) is 0. The molecule has 0 unspecified atom stereocenters. The monoisotopic (exact) mass is 494 g/mol. The van der Waals surface area contributed by atoms with Crippen LogP contribution in [-0.2, 0) is 24.1 Å². The van der Waals surface area contributed by atoms with Crippen molar-refractivity contribution in [1.29, 1.82) is 0 Å². The zero-order valence-electron chi connectivity index (χ0n) is 22.6. The lowest BCUT2D eigenvalue weighted by atomic mass is 9.96. The molecule has 0 N–H and O–H groups in total. The van der Waals surface area contributed by atoms with Gasteiger partial charge in [-0.15, -0.1) is 0 Å². The number of amides is 1. The molecule has 0 aromatic heterocycles. The number of hydrogen-bond acceptors (Lipinski definition) is 3. The van der Waals surface area contributed by atoms with Crippen molar-refractivity contribution in [3.8, 4) is 0 Å². The Hall–Kier alpha value is -2.95. The van der Waals surface area contributed by atoms with E-state index in [0.717, 1.165) is 98.1 Å². The predicted octanol–water partition coefficient (Wildman–Crippen LogP) is 7.14. The first kappa shape index (κ1) is 29.3. The summed E-state index contributed by atoms with van der Waals surface area (Å²) in [4.78, 5) is 28.3. The Morgan fingerprint density at radius 3 is 2.56 bits per heavy atom. The van der Waals surface area contributed by atoms with E-state index in [1.165, 1.54) is 6.07 Å². The second-order valence-corrected chi connectivity index (χ2v) is 9.28. The summed E-state index contributed by atoms with van der Waals surface area (Å²) in [6.07, 6.45) is 7.71. The Morgan fingerprint density at radius 2 is 1.89 bits per heavy atom. The molecule has 0 spiro atoms. The standard InChI is InChI=1S/C29H37FN2O2.C2H6/c1-4-9-24-19-26(20-25-14-17-32(21-33)29(24)25)28(34)12-6-5-7-15-31(22(2)3)16-13-23-10-8-11-27(30)18-23;1-2/h8,10-11,18-21H,2,4-7,9,12-17H2,1,3H3;1-2H3. The number of allylic oxidation sites excluding steroid dienone is 1. The van der Waals surface area contributed by atoms with E-state index in [4.69, 9.17) is 0 Å². The molecule has 196 valence electrons. The lowest BCUT2D eigenvalue weighted by Gasteiger charge is -2.25. The molecule has 2 aromatic rings. The van der Waals surface area contributed by atoms with Crippen molar-refractivity contribution in [2.24, 2.45) is 0 Å². The molecule has 0 saturated heterocycles. The summed E-state index contributed by atoms with van der Waals surface area (Å²) >= 11 is 0. The number of unbranched alkanes of at least 4 members (excludes halogenated alkanes) is 2. The molecule has 4 nitrogen and oxygen atoms in total. The minimum atomic E-state index is -0.199. The van der Waals surface area contributed by atoms with Gasteiger partial charge in [-0.25, -0.2) is 4.39 Å². The molecular formula is C31H43FN2O2. The van der Waals surface area contributed by atoms with Crippen molar-refractivity contribution in [1.82, 2.24) is 4.90 Å². The highest BCUT2D eigenvalue weighted by Crippen LogP contribution is 2.33. The highest BCUT2D eigenvalue weighted by atomic mass is 19.1. The molecule has 0 saturated carbocycles. The number of carbonyl (C=O) groups is 2. The lowest BCUT2D eigenvalue weighted by Crippen LogP contribution is -2.25. The first-order valence-corrected chi connectivity index (χ1v) is 13.5. The third kappa shape index (κ3) is 8.32. The number of aryl methyl sites for hydroxylation is 1. The van der Waals surface area contributed by atoms with Gasteiger partial charge >= 0.3 is 0 Å². The fourth-order valence-electron chi connectivity index (χ4n) is 4.76. The van der Waals surface area contributed by atoms with Gasteiger partial charge in [-0.1, -0.05) is 52.3 Å². The van der Waals surface area contributed by atoms with Gasteiger partial charge in [0.05, 0.1) is 0 Å². The van der Waals surface area contributed by atoms with Crippen LogP contribution in [0.1, 0.15) is 86.8 Å². The summed E-state index contributed by atoms with van der Waals surface area (Å²) in [5.41, 5.74) is 6.05. The van der Waals surface area contributed by atoms with Crippen LogP contribution in [0.3, 0.4) is 0 Å². The van der Waals surface area contributed by atoms with Crippen LogP contribution >= 0.6 is 0 Å². The van der Waals surface area contributed by atoms with Crippen molar-refractivity contribution in [2.75, 3.05) is 24.5 Å². The molecule has 36 heavy (non-hydrogen) atoms. The maximum Gasteiger partial charge on any atom is 0.214 e. The van der Waals surface area contributed by atoms with Gasteiger partial charge in [-0.05, 0) is 80.0 Å². The van der Waals surface area contributed by atoms with Crippen LogP contribution in [0.2, 0.25) is 0 Å². The van der Waals surface area contributed by atoms with Gasteiger partial charge in [0.1, 0.15) is 5.82 Å². The number of halogens is 1. The molecule has 0 bridgehead atoms. The van der Waals surface area contributed by atoms with E-state index in [9.17, 15) is 14.0 Å². The van der Waals surface area contributed by atoms with Gasteiger partial charge in [-0.3, -0.25) is 9.59 Å². The molecule has 1 aliphatic heterocycles. The van der Waals surface area contributed by atoms with E-state index >= 15 is 0 Å². The molecule has 2 aromatic carbocycles. The van der Waals surface area contributed by atoms with Gasteiger partial charge in [0, 0.05) is 43.0 Å². The Morgan fingerprint density at radius 1 is 1.11 bits per heavy atom. The summed E-state index contributed by atoms with van der Waals surface area (Å²) in [7, 11) is 0. The van der Waals surface area contributed by atoms with Crippen LogP contribution in [0, 0.1) is 5.82 Å².